The molecule has 1 aromatic heterocycles. The topological polar surface area (TPSA) is 84.2 Å². The molecule has 17 heavy (non-hydrogen) atoms. The monoisotopic (exact) mass is 259 g/mol. The number of hydrogen-bond donors (Lipinski definition) is 2. The average molecular weight is 259 g/mol. The van der Waals surface area contributed by atoms with Gasteiger partial charge in [0.15, 0.2) is 0 Å². The molecule has 1 aromatic rings. The fraction of sp³-hybridized carbons (Fsp3) is 0.700. The van der Waals surface area contributed by atoms with Gasteiger partial charge in [0, 0.05) is 18.2 Å². The van der Waals surface area contributed by atoms with Gasteiger partial charge in [-0.1, -0.05) is 5.16 Å². The second-order valence-electron chi connectivity index (χ2n) is 4.78. The summed E-state index contributed by atoms with van der Waals surface area (Å²) >= 11 is 0. The van der Waals surface area contributed by atoms with Crippen molar-refractivity contribution >= 4 is 10.0 Å². The van der Waals surface area contributed by atoms with Crippen molar-refractivity contribution in [1.82, 2.24) is 15.2 Å². The molecule has 0 saturated carbocycles. The van der Waals surface area contributed by atoms with Crippen molar-refractivity contribution < 1.29 is 12.9 Å². The van der Waals surface area contributed by atoms with E-state index >= 15 is 0 Å². The Bertz CT molecular complexity index is 489. The molecule has 96 valence electrons. The first-order valence-electron chi connectivity index (χ1n) is 5.53. The number of aromatic nitrogens is 1. The van der Waals surface area contributed by atoms with Crippen molar-refractivity contribution in [2.24, 2.45) is 0 Å². The molecule has 2 rings (SSSR count). The van der Waals surface area contributed by atoms with E-state index in [1.807, 2.05) is 6.92 Å². The van der Waals surface area contributed by atoms with Crippen LogP contribution >= 0.6 is 0 Å². The molecular weight excluding hydrogens is 242 g/mol. The summed E-state index contributed by atoms with van der Waals surface area (Å²) in [4.78, 5) is 0. The van der Waals surface area contributed by atoms with Crippen LogP contribution in [0.4, 0.5) is 0 Å². The molecule has 7 heteroatoms. The Morgan fingerprint density at radius 3 is 2.94 bits per heavy atom. The van der Waals surface area contributed by atoms with Crippen molar-refractivity contribution in [2.75, 3.05) is 13.1 Å². The van der Waals surface area contributed by atoms with Crippen molar-refractivity contribution in [3.8, 4) is 0 Å². The first-order valence-corrected chi connectivity index (χ1v) is 7.18. The predicted octanol–water partition coefficient (Wildman–Crippen LogP) is 0.154. The summed E-state index contributed by atoms with van der Waals surface area (Å²) in [5.74, 6) is 0.476. The predicted molar refractivity (Wildman–Crippen MR) is 62.9 cm³/mol. The summed E-state index contributed by atoms with van der Waals surface area (Å²) in [7, 11) is -3.38. The smallest absolute Gasteiger partial charge is 0.218 e. The zero-order chi connectivity index (χ0) is 12.5. The van der Waals surface area contributed by atoms with Crippen LogP contribution in [0.1, 0.15) is 24.8 Å². The van der Waals surface area contributed by atoms with Gasteiger partial charge in [-0.3, -0.25) is 0 Å². The van der Waals surface area contributed by atoms with Crippen LogP contribution in [0.5, 0.6) is 0 Å². The molecule has 1 fully saturated rings. The highest BCUT2D eigenvalue weighted by molar-refractivity contribution is 7.88. The summed E-state index contributed by atoms with van der Waals surface area (Å²) in [5, 5.41) is 6.83. The van der Waals surface area contributed by atoms with Crippen molar-refractivity contribution in [3.05, 3.63) is 17.5 Å². The Balaban J connectivity index is 2.04. The molecule has 0 radical (unpaired) electrons. The molecule has 1 unspecified atom stereocenters. The van der Waals surface area contributed by atoms with Crippen molar-refractivity contribution in [3.63, 3.8) is 0 Å². The van der Waals surface area contributed by atoms with Crippen molar-refractivity contribution in [2.45, 2.75) is 31.6 Å². The van der Waals surface area contributed by atoms with Gasteiger partial charge in [0.05, 0.1) is 0 Å². The second-order valence-corrected chi connectivity index (χ2v) is 6.50. The quantitative estimate of drug-likeness (QED) is 0.804. The molecule has 2 heterocycles. The third-order valence-corrected chi connectivity index (χ3v) is 4.26. The van der Waals surface area contributed by atoms with Gasteiger partial charge in [0.1, 0.15) is 17.2 Å². The fourth-order valence-electron chi connectivity index (χ4n) is 2.00. The van der Waals surface area contributed by atoms with Gasteiger partial charge in [0.2, 0.25) is 10.0 Å². The lowest BCUT2D eigenvalue weighted by Crippen LogP contribution is -2.47. The minimum atomic E-state index is -3.38. The molecule has 1 aliphatic rings. The number of rotatable bonds is 4. The first kappa shape index (κ1) is 12.5. The maximum atomic E-state index is 11.9. The highest BCUT2D eigenvalue weighted by atomic mass is 32.2. The Kier molecular flexibility index (Phi) is 3.24. The fourth-order valence-corrected chi connectivity index (χ4v) is 3.52. The summed E-state index contributed by atoms with van der Waals surface area (Å²) in [5.41, 5.74) is 0.0435. The molecule has 0 spiro atoms. The lowest BCUT2D eigenvalue weighted by Gasteiger charge is -2.23. The van der Waals surface area contributed by atoms with Crippen molar-refractivity contribution in [1.29, 1.82) is 0 Å². The molecule has 6 nitrogen and oxygen atoms in total. The van der Waals surface area contributed by atoms with Gasteiger partial charge in [-0.05, 0) is 26.8 Å². The number of hydrogen-bond acceptors (Lipinski definition) is 5. The number of nitrogens with zero attached hydrogens (tertiary/aromatic N) is 1. The van der Waals surface area contributed by atoms with Gasteiger partial charge in [-0.15, -0.1) is 0 Å². The Morgan fingerprint density at radius 2 is 2.41 bits per heavy atom. The van der Waals surface area contributed by atoms with E-state index in [1.165, 1.54) is 0 Å². The van der Waals surface area contributed by atoms with Crippen LogP contribution in [0.15, 0.2) is 10.6 Å². The van der Waals surface area contributed by atoms with Crippen LogP contribution < -0.4 is 10.0 Å². The summed E-state index contributed by atoms with van der Waals surface area (Å²) < 4.78 is 31.5. The van der Waals surface area contributed by atoms with E-state index in [0.29, 0.717) is 18.0 Å². The van der Waals surface area contributed by atoms with E-state index in [0.717, 1.165) is 13.0 Å². The number of aryl methyl sites for hydroxylation is 1. The third-order valence-electron chi connectivity index (χ3n) is 2.79. The van der Waals surface area contributed by atoms with Crippen LogP contribution in [0, 0.1) is 6.92 Å². The highest BCUT2D eigenvalue weighted by Gasteiger charge is 2.33. The zero-order valence-electron chi connectivity index (χ0n) is 9.99. The van der Waals surface area contributed by atoms with Gasteiger partial charge in [0.25, 0.3) is 0 Å². The number of nitrogens with one attached hydrogen (secondary N) is 2. The van der Waals surface area contributed by atoms with E-state index in [1.54, 1.807) is 13.0 Å². The molecule has 1 saturated heterocycles. The van der Waals surface area contributed by atoms with E-state index in [2.05, 4.69) is 15.2 Å². The largest absolute Gasteiger partial charge is 0.361 e. The van der Waals surface area contributed by atoms with Crippen LogP contribution in [-0.4, -0.2) is 32.2 Å². The molecule has 2 N–H and O–H groups in total. The van der Waals surface area contributed by atoms with Crippen LogP contribution in [0.25, 0.3) is 0 Å². The van der Waals surface area contributed by atoms with Crippen LogP contribution in [0.2, 0.25) is 0 Å². The van der Waals surface area contributed by atoms with Gasteiger partial charge in [-0.25, -0.2) is 13.1 Å². The maximum absolute atomic E-state index is 11.9. The highest BCUT2D eigenvalue weighted by Crippen LogP contribution is 2.16. The minimum Gasteiger partial charge on any atom is -0.361 e. The van der Waals surface area contributed by atoms with Gasteiger partial charge in [-0.2, -0.15) is 0 Å². The Morgan fingerprint density at radius 1 is 1.65 bits per heavy atom. The van der Waals surface area contributed by atoms with E-state index in [9.17, 15) is 8.42 Å². The summed E-state index contributed by atoms with van der Waals surface area (Å²) in [6, 6.07) is 1.63. The Hall–Kier alpha value is -0.920. The Labute approximate surface area is 101 Å². The second kappa shape index (κ2) is 4.40. The first-order chi connectivity index (χ1) is 7.89. The van der Waals surface area contributed by atoms with Gasteiger partial charge < -0.3 is 9.84 Å². The molecule has 1 aliphatic heterocycles. The SMILES string of the molecule is Cc1cc(CS(=O)(=O)NC2(C)CCNC2)no1. The minimum absolute atomic E-state index is 0.139. The standard InChI is InChI=1S/C10H17N3O3S/c1-8-5-9(12-16-8)6-17(14,15)13-10(2)3-4-11-7-10/h5,11,13H,3-4,6-7H2,1-2H3. The number of sulfonamides is 1. The maximum Gasteiger partial charge on any atom is 0.218 e. The molecule has 0 amide bonds. The lowest BCUT2D eigenvalue weighted by molar-refractivity contribution is 0.391. The van der Waals surface area contributed by atoms with Crippen LogP contribution in [0.3, 0.4) is 0 Å². The molecule has 0 aliphatic carbocycles. The van der Waals surface area contributed by atoms with Gasteiger partial charge >= 0.3 is 0 Å². The van der Waals surface area contributed by atoms with E-state index in [-0.39, 0.29) is 5.75 Å². The van der Waals surface area contributed by atoms with E-state index < -0.39 is 15.6 Å². The normalized spacial score (nSPS) is 25.3. The third kappa shape index (κ3) is 3.27. The molecule has 0 aromatic carbocycles. The van der Waals surface area contributed by atoms with Crippen LogP contribution in [-0.2, 0) is 15.8 Å². The molecule has 1 atom stereocenters. The average Bonchev–Trinajstić information content (AvgIpc) is 2.74. The molecular formula is C10H17N3O3S. The molecule has 0 bridgehead atoms. The zero-order valence-corrected chi connectivity index (χ0v) is 10.8. The van der Waals surface area contributed by atoms with E-state index in [4.69, 9.17) is 4.52 Å². The summed E-state index contributed by atoms with van der Waals surface area (Å²) in [6.07, 6.45) is 0.796. The summed E-state index contributed by atoms with van der Waals surface area (Å²) in [6.45, 7) is 5.13. The lowest BCUT2D eigenvalue weighted by atomic mass is 10.0.